The van der Waals surface area contributed by atoms with E-state index in [0.717, 1.165) is 16.3 Å². The number of hydrogen-bond acceptors (Lipinski definition) is 4. The van der Waals surface area contributed by atoms with Gasteiger partial charge in [0.25, 0.3) is 0 Å². The molecule has 5 heteroatoms. The Balaban J connectivity index is 2.07. The molecule has 0 radical (unpaired) electrons. The van der Waals surface area contributed by atoms with E-state index in [2.05, 4.69) is 15.6 Å². The van der Waals surface area contributed by atoms with Crippen molar-refractivity contribution in [3.05, 3.63) is 40.7 Å². The zero-order valence-electron chi connectivity index (χ0n) is 11.0. The summed E-state index contributed by atoms with van der Waals surface area (Å²) in [4.78, 5) is 16.1. The average Bonchev–Trinajstić information content (AvgIpc) is 2.89. The van der Waals surface area contributed by atoms with Crippen LogP contribution in [0.5, 0.6) is 0 Å². The van der Waals surface area contributed by atoms with Crippen LogP contribution in [-0.4, -0.2) is 24.5 Å². The first-order chi connectivity index (χ1) is 9.20. The van der Waals surface area contributed by atoms with E-state index >= 15 is 0 Å². The maximum absolute atomic E-state index is 11.5. The summed E-state index contributed by atoms with van der Waals surface area (Å²) in [5, 5.41) is 8.67. The van der Waals surface area contributed by atoms with Crippen LogP contribution in [0.3, 0.4) is 0 Å². The number of aromatic nitrogens is 1. The van der Waals surface area contributed by atoms with Crippen LogP contribution >= 0.6 is 11.3 Å². The molecular formula is C14H17N3OS. The lowest BCUT2D eigenvalue weighted by Crippen LogP contribution is -2.33. The van der Waals surface area contributed by atoms with Crippen molar-refractivity contribution in [2.24, 2.45) is 0 Å². The van der Waals surface area contributed by atoms with Gasteiger partial charge in [0.1, 0.15) is 5.01 Å². The fourth-order valence-corrected chi connectivity index (χ4v) is 2.58. The van der Waals surface area contributed by atoms with Crippen molar-refractivity contribution in [3.63, 3.8) is 0 Å². The lowest BCUT2D eigenvalue weighted by atomic mass is 10.2. The number of nitrogens with zero attached hydrogens (tertiary/aromatic N) is 1. The molecule has 0 fully saturated rings. The standard InChI is InChI=1S/C14H17N3OS/c1-10(16-13(18)8-15-2)14-17-12(9-19-14)11-6-4-3-5-7-11/h3-7,9-10,15H,8H2,1-2H3,(H,16,18). The first-order valence-corrected chi connectivity index (χ1v) is 7.03. The number of carbonyl (C=O) groups excluding carboxylic acids is 1. The van der Waals surface area contributed by atoms with Gasteiger partial charge in [-0.2, -0.15) is 0 Å². The average molecular weight is 275 g/mol. The second kappa shape index (κ2) is 6.45. The van der Waals surface area contributed by atoms with Gasteiger partial charge in [-0.1, -0.05) is 30.3 Å². The monoisotopic (exact) mass is 275 g/mol. The Hall–Kier alpha value is -1.72. The van der Waals surface area contributed by atoms with Crippen LogP contribution in [0.1, 0.15) is 18.0 Å². The van der Waals surface area contributed by atoms with Crippen LogP contribution in [0, 0.1) is 0 Å². The highest BCUT2D eigenvalue weighted by Gasteiger charge is 2.13. The van der Waals surface area contributed by atoms with Crippen molar-refractivity contribution in [2.75, 3.05) is 13.6 Å². The predicted octanol–water partition coefficient (Wildman–Crippen LogP) is 2.21. The third-order valence-corrected chi connectivity index (χ3v) is 3.70. The number of carbonyl (C=O) groups is 1. The van der Waals surface area contributed by atoms with Crippen molar-refractivity contribution in [2.45, 2.75) is 13.0 Å². The van der Waals surface area contributed by atoms with E-state index in [9.17, 15) is 4.79 Å². The number of rotatable bonds is 5. The molecule has 4 nitrogen and oxygen atoms in total. The van der Waals surface area contributed by atoms with Crippen LogP contribution in [0.2, 0.25) is 0 Å². The molecule has 19 heavy (non-hydrogen) atoms. The summed E-state index contributed by atoms with van der Waals surface area (Å²) in [6.45, 7) is 2.27. The van der Waals surface area contributed by atoms with Crippen LogP contribution in [-0.2, 0) is 4.79 Å². The molecule has 2 N–H and O–H groups in total. The molecule has 1 aromatic carbocycles. The second-order valence-electron chi connectivity index (χ2n) is 4.26. The van der Waals surface area contributed by atoms with Gasteiger partial charge in [0.05, 0.1) is 18.3 Å². The Morgan fingerprint density at radius 3 is 2.79 bits per heavy atom. The summed E-state index contributed by atoms with van der Waals surface area (Å²) in [6, 6.07) is 9.96. The molecule has 0 aliphatic rings. The van der Waals surface area contributed by atoms with Gasteiger partial charge in [0.15, 0.2) is 0 Å². The molecule has 1 aromatic heterocycles. The zero-order chi connectivity index (χ0) is 13.7. The molecule has 1 atom stereocenters. The molecule has 0 saturated carbocycles. The highest BCUT2D eigenvalue weighted by molar-refractivity contribution is 7.10. The van der Waals surface area contributed by atoms with Gasteiger partial charge in [0.2, 0.25) is 5.91 Å². The van der Waals surface area contributed by atoms with E-state index in [-0.39, 0.29) is 11.9 Å². The Labute approximate surface area is 116 Å². The normalized spacial score (nSPS) is 12.1. The molecule has 1 unspecified atom stereocenters. The van der Waals surface area contributed by atoms with Crippen LogP contribution < -0.4 is 10.6 Å². The number of benzene rings is 1. The third-order valence-electron chi connectivity index (χ3n) is 2.68. The summed E-state index contributed by atoms with van der Waals surface area (Å²) in [5.41, 5.74) is 2.05. The minimum Gasteiger partial charge on any atom is -0.346 e. The molecule has 100 valence electrons. The van der Waals surface area contributed by atoms with E-state index in [1.54, 1.807) is 18.4 Å². The highest BCUT2D eigenvalue weighted by atomic mass is 32.1. The first kappa shape index (κ1) is 13.7. The maximum atomic E-state index is 11.5. The number of nitrogens with one attached hydrogen (secondary N) is 2. The van der Waals surface area contributed by atoms with E-state index in [1.807, 2.05) is 42.6 Å². The summed E-state index contributed by atoms with van der Waals surface area (Å²) < 4.78 is 0. The fourth-order valence-electron chi connectivity index (χ4n) is 1.74. The minimum absolute atomic E-state index is 0.0218. The molecule has 1 heterocycles. The minimum atomic E-state index is -0.0664. The fraction of sp³-hybridized carbons (Fsp3) is 0.286. The molecule has 0 saturated heterocycles. The summed E-state index contributed by atoms with van der Waals surface area (Å²) >= 11 is 1.57. The van der Waals surface area contributed by atoms with Crippen LogP contribution in [0.15, 0.2) is 35.7 Å². The van der Waals surface area contributed by atoms with Gasteiger partial charge < -0.3 is 10.6 Å². The molecular weight excluding hydrogens is 258 g/mol. The molecule has 0 bridgehead atoms. The van der Waals surface area contributed by atoms with Gasteiger partial charge in [-0.3, -0.25) is 4.79 Å². The maximum Gasteiger partial charge on any atom is 0.234 e. The van der Waals surface area contributed by atoms with E-state index < -0.39 is 0 Å². The molecule has 2 rings (SSSR count). The molecule has 0 aliphatic heterocycles. The lowest BCUT2D eigenvalue weighted by molar-refractivity contribution is -0.120. The van der Waals surface area contributed by atoms with Crippen LogP contribution in [0.25, 0.3) is 11.3 Å². The van der Waals surface area contributed by atoms with Crippen molar-refractivity contribution in [3.8, 4) is 11.3 Å². The van der Waals surface area contributed by atoms with E-state index in [1.165, 1.54) is 0 Å². The third kappa shape index (κ3) is 3.62. The molecule has 2 aromatic rings. The van der Waals surface area contributed by atoms with Gasteiger partial charge in [-0.05, 0) is 14.0 Å². The topological polar surface area (TPSA) is 54.0 Å². The Kier molecular flexibility index (Phi) is 4.65. The van der Waals surface area contributed by atoms with Crippen molar-refractivity contribution in [1.82, 2.24) is 15.6 Å². The first-order valence-electron chi connectivity index (χ1n) is 6.15. The lowest BCUT2D eigenvalue weighted by Gasteiger charge is -2.10. The number of amides is 1. The van der Waals surface area contributed by atoms with E-state index in [0.29, 0.717) is 6.54 Å². The Morgan fingerprint density at radius 1 is 1.37 bits per heavy atom. The van der Waals surface area contributed by atoms with Gasteiger partial charge in [-0.15, -0.1) is 11.3 Å². The second-order valence-corrected chi connectivity index (χ2v) is 5.15. The summed E-state index contributed by atoms with van der Waals surface area (Å²) in [7, 11) is 1.75. The Bertz CT molecular complexity index is 539. The highest BCUT2D eigenvalue weighted by Crippen LogP contribution is 2.25. The summed E-state index contributed by atoms with van der Waals surface area (Å²) in [6.07, 6.45) is 0. The number of likely N-dealkylation sites (N-methyl/N-ethyl adjacent to an activating group) is 1. The number of thiazole rings is 1. The van der Waals surface area contributed by atoms with Crippen LogP contribution in [0.4, 0.5) is 0 Å². The largest absolute Gasteiger partial charge is 0.346 e. The van der Waals surface area contributed by atoms with Crippen molar-refractivity contribution < 1.29 is 4.79 Å². The Morgan fingerprint density at radius 2 is 2.11 bits per heavy atom. The smallest absolute Gasteiger partial charge is 0.234 e. The molecule has 1 amide bonds. The van der Waals surface area contributed by atoms with Gasteiger partial charge in [-0.25, -0.2) is 4.98 Å². The van der Waals surface area contributed by atoms with E-state index in [4.69, 9.17) is 0 Å². The predicted molar refractivity (Wildman–Crippen MR) is 78.0 cm³/mol. The molecule has 0 aliphatic carbocycles. The SMILES string of the molecule is CNCC(=O)NC(C)c1nc(-c2ccccc2)cs1. The van der Waals surface area contributed by atoms with Crippen molar-refractivity contribution in [1.29, 1.82) is 0 Å². The zero-order valence-corrected chi connectivity index (χ0v) is 11.8. The summed E-state index contributed by atoms with van der Waals surface area (Å²) in [5.74, 6) is -0.0218. The van der Waals surface area contributed by atoms with Gasteiger partial charge >= 0.3 is 0 Å². The van der Waals surface area contributed by atoms with Gasteiger partial charge in [0, 0.05) is 10.9 Å². The quantitative estimate of drug-likeness (QED) is 0.879. The van der Waals surface area contributed by atoms with Crippen molar-refractivity contribution >= 4 is 17.2 Å². The molecule has 0 spiro atoms. The number of hydrogen-bond donors (Lipinski definition) is 2.